The molecule has 0 spiro atoms. The third-order valence-corrected chi connectivity index (χ3v) is 4.82. The third kappa shape index (κ3) is 3.99. The monoisotopic (exact) mass is 378 g/mol. The van der Waals surface area contributed by atoms with Crippen molar-refractivity contribution in [3.8, 4) is 11.8 Å². The molecule has 1 heterocycles. The molecule has 0 atom stereocenters. The van der Waals surface area contributed by atoms with Crippen molar-refractivity contribution in [2.45, 2.75) is 32.7 Å². The molecule has 28 heavy (non-hydrogen) atoms. The van der Waals surface area contributed by atoms with Gasteiger partial charge < -0.3 is 14.0 Å². The summed E-state index contributed by atoms with van der Waals surface area (Å²) in [4.78, 5) is 24.6. The Morgan fingerprint density at radius 3 is 2.64 bits per heavy atom. The van der Waals surface area contributed by atoms with Crippen LogP contribution < -0.4 is 4.74 Å². The molecule has 2 aromatic rings. The van der Waals surface area contributed by atoms with Gasteiger partial charge in [-0.3, -0.25) is 4.79 Å². The first-order chi connectivity index (χ1) is 13.5. The fourth-order valence-corrected chi connectivity index (χ4v) is 3.30. The number of ether oxygens (including phenoxy) is 2. The van der Waals surface area contributed by atoms with Gasteiger partial charge in [0, 0.05) is 17.4 Å². The Hall–Kier alpha value is -3.33. The molecule has 1 saturated carbocycles. The maximum atomic E-state index is 12.3. The Bertz CT molecular complexity index is 990. The van der Waals surface area contributed by atoms with E-state index in [4.69, 9.17) is 9.47 Å². The number of nitrogens with zero attached hydrogens (tertiary/aromatic N) is 2. The van der Waals surface area contributed by atoms with Crippen molar-refractivity contribution in [1.82, 2.24) is 4.57 Å². The average molecular weight is 378 g/mol. The maximum absolute atomic E-state index is 12.3. The molecule has 144 valence electrons. The molecule has 0 bridgehead atoms. The molecule has 0 aliphatic heterocycles. The zero-order valence-electron chi connectivity index (χ0n) is 16.2. The molecule has 0 unspecified atom stereocenters. The summed E-state index contributed by atoms with van der Waals surface area (Å²) in [6, 6.07) is 11.1. The molecule has 6 nitrogen and oxygen atoms in total. The summed E-state index contributed by atoms with van der Waals surface area (Å²) in [6.45, 7) is 3.53. The highest BCUT2D eigenvalue weighted by atomic mass is 16.5. The number of hydrogen-bond acceptors (Lipinski definition) is 5. The van der Waals surface area contributed by atoms with Crippen molar-refractivity contribution in [3.63, 3.8) is 0 Å². The first-order valence-electron chi connectivity index (χ1n) is 9.09. The summed E-state index contributed by atoms with van der Waals surface area (Å²) >= 11 is 0. The Kier molecular flexibility index (Phi) is 5.65. The lowest BCUT2D eigenvalue weighted by molar-refractivity contribution is -0.137. The largest absolute Gasteiger partial charge is 0.496 e. The Labute approximate surface area is 164 Å². The van der Waals surface area contributed by atoms with Crippen molar-refractivity contribution in [1.29, 1.82) is 5.26 Å². The van der Waals surface area contributed by atoms with Gasteiger partial charge in [-0.05, 0) is 56.5 Å². The van der Waals surface area contributed by atoms with Crippen molar-refractivity contribution >= 4 is 17.8 Å². The molecule has 1 aromatic heterocycles. The number of aromatic nitrogens is 1. The minimum atomic E-state index is -0.818. The van der Waals surface area contributed by atoms with Crippen LogP contribution in [0.4, 0.5) is 0 Å². The number of aryl methyl sites for hydroxylation is 1. The second-order valence-corrected chi connectivity index (χ2v) is 6.80. The second-order valence-electron chi connectivity index (χ2n) is 6.80. The fourth-order valence-electron chi connectivity index (χ4n) is 3.30. The molecule has 1 aromatic carbocycles. The number of methoxy groups -OCH3 is 1. The highest BCUT2D eigenvalue weighted by Crippen LogP contribution is 2.38. The summed E-state index contributed by atoms with van der Waals surface area (Å²) in [5.74, 6) is -0.802. The summed E-state index contributed by atoms with van der Waals surface area (Å²) in [5, 5.41) is 9.38. The van der Waals surface area contributed by atoms with E-state index in [0.717, 1.165) is 29.8 Å². The number of carbonyl (C=O) groups is 2. The summed E-state index contributed by atoms with van der Waals surface area (Å²) in [5.41, 5.74) is 3.13. The zero-order valence-corrected chi connectivity index (χ0v) is 16.2. The van der Waals surface area contributed by atoms with E-state index in [0.29, 0.717) is 17.4 Å². The van der Waals surface area contributed by atoms with Crippen LogP contribution in [0.1, 0.15) is 46.2 Å². The lowest BCUT2D eigenvalue weighted by Crippen LogP contribution is -2.15. The first-order valence-corrected chi connectivity index (χ1v) is 9.09. The van der Waals surface area contributed by atoms with Crippen molar-refractivity contribution in [2.24, 2.45) is 0 Å². The van der Waals surface area contributed by atoms with Crippen LogP contribution in [0.5, 0.6) is 5.75 Å². The Morgan fingerprint density at radius 2 is 2.00 bits per heavy atom. The van der Waals surface area contributed by atoms with E-state index in [-0.39, 0.29) is 5.57 Å². The van der Waals surface area contributed by atoms with E-state index < -0.39 is 18.4 Å². The average Bonchev–Trinajstić information content (AvgIpc) is 3.49. The van der Waals surface area contributed by atoms with Crippen LogP contribution in [0.25, 0.3) is 6.08 Å². The molecule has 0 N–H and O–H groups in total. The van der Waals surface area contributed by atoms with Gasteiger partial charge in [0.25, 0.3) is 0 Å². The quantitative estimate of drug-likeness (QED) is 0.317. The molecule has 1 fully saturated rings. The van der Waals surface area contributed by atoms with Crippen LogP contribution in [-0.2, 0) is 9.53 Å². The van der Waals surface area contributed by atoms with Crippen LogP contribution in [0, 0.1) is 25.2 Å². The highest BCUT2D eigenvalue weighted by Gasteiger charge is 2.27. The van der Waals surface area contributed by atoms with Crippen LogP contribution >= 0.6 is 0 Å². The van der Waals surface area contributed by atoms with E-state index in [1.165, 1.54) is 13.2 Å². The van der Waals surface area contributed by atoms with Gasteiger partial charge in [-0.1, -0.05) is 12.1 Å². The van der Waals surface area contributed by atoms with E-state index in [1.807, 2.05) is 26.0 Å². The van der Waals surface area contributed by atoms with Gasteiger partial charge in [0.2, 0.25) is 5.78 Å². The number of ketones is 1. The van der Waals surface area contributed by atoms with E-state index in [2.05, 4.69) is 4.57 Å². The maximum Gasteiger partial charge on any atom is 0.349 e. The van der Waals surface area contributed by atoms with Gasteiger partial charge in [-0.15, -0.1) is 0 Å². The third-order valence-electron chi connectivity index (χ3n) is 4.82. The van der Waals surface area contributed by atoms with Gasteiger partial charge in [0.05, 0.1) is 12.7 Å². The summed E-state index contributed by atoms with van der Waals surface area (Å²) in [6.07, 6.45) is 3.83. The van der Waals surface area contributed by atoms with Crippen molar-refractivity contribution in [2.75, 3.05) is 13.7 Å². The van der Waals surface area contributed by atoms with E-state index in [9.17, 15) is 14.9 Å². The Morgan fingerprint density at radius 1 is 1.29 bits per heavy atom. The van der Waals surface area contributed by atoms with Gasteiger partial charge >= 0.3 is 5.97 Å². The number of benzene rings is 1. The van der Waals surface area contributed by atoms with E-state index in [1.54, 1.807) is 24.3 Å². The minimum absolute atomic E-state index is 0.135. The molecule has 6 heteroatoms. The smallest absolute Gasteiger partial charge is 0.349 e. The number of Topliss-reactive ketones (excluding diaryl/α,β-unsaturated/α-hetero) is 1. The second kappa shape index (κ2) is 8.13. The SMILES string of the molecule is COc1ccccc1C(=O)COC(=O)/C(C#N)=C/c1cc(C)n(C2CC2)c1C. The number of carbonyl (C=O) groups excluding carboxylic acids is 2. The minimum Gasteiger partial charge on any atom is -0.496 e. The lowest BCUT2D eigenvalue weighted by Gasteiger charge is -2.08. The van der Waals surface area contributed by atoms with Crippen molar-refractivity contribution < 1.29 is 19.1 Å². The van der Waals surface area contributed by atoms with Gasteiger partial charge in [-0.25, -0.2) is 4.79 Å². The molecule has 0 amide bonds. The van der Waals surface area contributed by atoms with Crippen LogP contribution in [0.3, 0.4) is 0 Å². The number of para-hydroxylation sites is 1. The van der Waals surface area contributed by atoms with E-state index >= 15 is 0 Å². The predicted octanol–water partition coefficient (Wildman–Crippen LogP) is 3.78. The molecule has 0 radical (unpaired) electrons. The summed E-state index contributed by atoms with van der Waals surface area (Å²) < 4.78 is 12.5. The van der Waals surface area contributed by atoms with Crippen LogP contribution in [-0.4, -0.2) is 30.0 Å². The lowest BCUT2D eigenvalue weighted by atomic mass is 10.1. The van der Waals surface area contributed by atoms with Crippen LogP contribution in [0.15, 0.2) is 35.9 Å². The number of esters is 1. The fraction of sp³-hybridized carbons (Fsp3) is 0.318. The standard InChI is InChI=1S/C22H22N2O4/c1-14-10-16(15(2)24(14)18-8-9-18)11-17(12-23)22(26)28-13-20(25)19-6-4-5-7-21(19)27-3/h4-7,10-11,18H,8-9,13H2,1-3H3/b17-11+. The van der Waals surface area contributed by atoms with Gasteiger partial charge in [-0.2, -0.15) is 5.26 Å². The topological polar surface area (TPSA) is 81.3 Å². The first kappa shape index (κ1) is 19.4. The van der Waals surface area contributed by atoms with Gasteiger partial charge in [0.1, 0.15) is 17.4 Å². The summed E-state index contributed by atoms with van der Waals surface area (Å²) in [7, 11) is 1.47. The number of nitriles is 1. The molecular weight excluding hydrogens is 356 g/mol. The highest BCUT2D eigenvalue weighted by molar-refractivity contribution is 6.03. The van der Waals surface area contributed by atoms with Gasteiger partial charge in [0.15, 0.2) is 6.61 Å². The molecule has 3 rings (SSSR count). The van der Waals surface area contributed by atoms with Crippen molar-refractivity contribution in [3.05, 3.63) is 58.4 Å². The number of rotatable bonds is 7. The normalized spacial score (nSPS) is 13.7. The Balaban J connectivity index is 1.72. The van der Waals surface area contributed by atoms with Crippen LogP contribution in [0.2, 0.25) is 0 Å². The molecular formula is C22H22N2O4. The molecule has 0 saturated heterocycles. The predicted molar refractivity (Wildman–Crippen MR) is 104 cm³/mol. The zero-order chi connectivity index (χ0) is 20.3. The molecule has 1 aliphatic rings. The number of hydrogen-bond donors (Lipinski definition) is 0. The molecule has 1 aliphatic carbocycles.